The molecule has 1 aliphatic rings. The Hall–Kier alpha value is -1.64. The molecule has 1 atom stereocenters. The van der Waals surface area contributed by atoms with Crippen molar-refractivity contribution in [3.8, 4) is 0 Å². The zero-order valence-electron chi connectivity index (χ0n) is 10.6. The summed E-state index contributed by atoms with van der Waals surface area (Å²) in [6.45, 7) is 5.87. The number of piperidine rings is 1. The molecule has 0 saturated carbocycles. The SMILES string of the molecule is CC.CC1CCC(=O)N(c2ccccc2)C1=O. The second kappa shape index (κ2) is 6.18. The first-order valence-electron chi connectivity index (χ1n) is 6.12. The van der Waals surface area contributed by atoms with Crippen molar-refractivity contribution in [3.05, 3.63) is 30.3 Å². The van der Waals surface area contributed by atoms with Gasteiger partial charge in [-0.25, -0.2) is 0 Å². The number of benzene rings is 1. The van der Waals surface area contributed by atoms with Gasteiger partial charge < -0.3 is 0 Å². The molecule has 0 N–H and O–H groups in total. The van der Waals surface area contributed by atoms with E-state index >= 15 is 0 Å². The van der Waals surface area contributed by atoms with E-state index in [1.165, 1.54) is 4.90 Å². The van der Waals surface area contributed by atoms with E-state index in [4.69, 9.17) is 0 Å². The lowest BCUT2D eigenvalue weighted by Crippen LogP contribution is -2.44. The van der Waals surface area contributed by atoms with Crippen molar-refractivity contribution in [3.63, 3.8) is 0 Å². The van der Waals surface area contributed by atoms with Gasteiger partial charge in [0, 0.05) is 12.3 Å². The second-order valence-electron chi connectivity index (χ2n) is 3.84. The fraction of sp³-hybridized carbons (Fsp3) is 0.429. The molecule has 1 aromatic carbocycles. The number of hydrogen-bond donors (Lipinski definition) is 0. The summed E-state index contributed by atoms with van der Waals surface area (Å²) < 4.78 is 0. The number of amides is 2. The summed E-state index contributed by atoms with van der Waals surface area (Å²) in [7, 11) is 0. The summed E-state index contributed by atoms with van der Waals surface area (Å²) in [5.74, 6) is -0.232. The molecule has 1 aliphatic heterocycles. The van der Waals surface area contributed by atoms with E-state index in [-0.39, 0.29) is 17.7 Å². The summed E-state index contributed by atoms with van der Waals surface area (Å²) >= 11 is 0. The Morgan fingerprint density at radius 3 is 2.29 bits per heavy atom. The predicted molar refractivity (Wildman–Crippen MR) is 68.7 cm³/mol. The third-order valence-corrected chi connectivity index (χ3v) is 2.70. The first-order valence-corrected chi connectivity index (χ1v) is 6.12. The van der Waals surface area contributed by atoms with E-state index in [1.54, 1.807) is 12.1 Å². The number of carbonyl (C=O) groups is 2. The lowest BCUT2D eigenvalue weighted by molar-refractivity contribution is -0.131. The van der Waals surface area contributed by atoms with Gasteiger partial charge in [-0.2, -0.15) is 0 Å². The summed E-state index contributed by atoms with van der Waals surface area (Å²) in [5.41, 5.74) is 0.680. The molecule has 0 bridgehead atoms. The summed E-state index contributed by atoms with van der Waals surface area (Å²) in [5, 5.41) is 0. The quantitative estimate of drug-likeness (QED) is 0.699. The zero-order chi connectivity index (χ0) is 12.8. The van der Waals surface area contributed by atoms with Crippen molar-refractivity contribution in [2.24, 2.45) is 5.92 Å². The fourth-order valence-corrected chi connectivity index (χ4v) is 1.77. The van der Waals surface area contributed by atoms with E-state index in [9.17, 15) is 9.59 Å². The first kappa shape index (κ1) is 13.4. The van der Waals surface area contributed by atoms with Crippen LogP contribution in [0.4, 0.5) is 5.69 Å². The Balaban J connectivity index is 0.000000686. The van der Waals surface area contributed by atoms with Crippen LogP contribution < -0.4 is 4.90 Å². The van der Waals surface area contributed by atoms with Crippen molar-refractivity contribution >= 4 is 17.5 Å². The molecular weight excluding hydrogens is 214 g/mol. The maximum atomic E-state index is 11.8. The molecule has 0 aromatic heterocycles. The lowest BCUT2D eigenvalue weighted by Gasteiger charge is -2.28. The third kappa shape index (κ3) is 2.93. The van der Waals surface area contributed by atoms with Gasteiger partial charge in [0.1, 0.15) is 0 Å². The number of nitrogens with zero attached hydrogens (tertiary/aromatic N) is 1. The molecule has 0 radical (unpaired) electrons. The van der Waals surface area contributed by atoms with Crippen LogP contribution in [0.25, 0.3) is 0 Å². The minimum absolute atomic E-state index is 0.0529. The van der Waals surface area contributed by atoms with Crippen molar-refractivity contribution < 1.29 is 9.59 Å². The monoisotopic (exact) mass is 233 g/mol. The van der Waals surface area contributed by atoms with E-state index in [2.05, 4.69) is 0 Å². The van der Waals surface area contributed by atoms with Gasteiger partial charge in [-0.1, -0.05) is 39.0 Å². The fourth-order valence-electron chi connectivity index (χ4n) is 1.77. The highest BCUT2D eigenvalue weighted by atomic mass is 16.2. The topological polar surface area (TPSA) is 37.4 Å². The molecule has 1 aromatic rings. The van der Waals surface area contributed by atoms with Crippen LogP contribution in [0.2, 0.25) is 0 Å². The zero-order valence-corrected chi connectivity index (χ0v) is 10.6. The molecule has 3 heteroatoms. The molecule has 0 aliphatic carbocycles. The van der Waals surface area contributed by atoms with E-state index in [0.717, 1.165) is 0 Å². The van der Waals surface area contributed by atoms with Crippen LogP contribution in [0.5, 0.6) is 0 Å². The van der Waals surface area contributed by atoms with E-state index < -0.39 is 0 Å². The number of imide groups is 1. The van der Waals surface area contributed by atoms with Crippen LogP contribution in [-0.2, 0) is 9.59 Å². The summed E-state index contributed by atoms with van der Waals surface area (Å²) in [6.07, 6.45) is 1.13. The average molecular weight is 233 g/mol. The lowest BCUT2D eigenvalue weighted by atomic mass is 9.98. The average Bonchev–Trinajstić information content (AvgIpc) is 2.38. The number of anilines is 1. The molecule has 2 amide bonds. The van der Waals surface area contributed by atoms with Crippen LogP contribution in [-0.4, -0.2) is 11.8 Å². The molecule has 0 spiro atoms. The summed E-state index contributed by atoms with van der Waals surface area (Å²) in [6, 6.07) is 9.10. The maximum Gasteiger partial charge on any atom is 0.236 e. The number of para-hydroxylation sites is 1. The van der Waals surface area contributed by atoms with Crippen LogP contribution in [0.1, 0.15) is 33.6 Å². The van der Waals surface area contributed by atoms with Crippen molar-refractivity contribution in [1.82, 2.24) is 0 Å². The van der Waals surface area contributed by atoms with Gasteiger partial charge in [0.15, 0.2) is 0 Å². The number of carbonyl (C=O) groups excluding carboxylic acids is 2. The normalized spacial score (nSPS) is 19.7. The van der Waals surface area contributed by atoms with Crippen molar-refractivity contribution in [2.75, 3.05) is 4.90 Å². The molecule has 17 heavy (non-hydrogen) atoms. The molecule has 92 valence electrons. The third-order valence-electron chi connectivity index (χ3n) is 2.70. The number of hydrogen-bond acceptors (Lipinski definition) is 2. The standard InChI is InChI=1S/C12H13NO2.C2H6/c1-9-7-8-11(14)13(12(9)15)10-5-3-2-4-6-10;1-2/h2-6,9H,7-8H2,1H3;1-2H3. The highest BCUT2D eigenvalue weighted by Crippen LogP contribution is 2.24. The van der Waals surface area contributed by atoms with Crippen LogP contribution in [0, 0.1) is 5.92 Å². The predicted octanol–water partition coefficient (Wildman–Crippen LogP) is 3.00. The van der Waals surface area contributed by atoms with Gasteiger partial charge in [-0.15, -0.1) is 0 Å². The first-order chi connectivity index (χ1) is 8.20. The van der Waals surface area contributed by atoms with Crippen LogP contribution >= 0.6 is 0 Å². The van der Waals surface area contributed by atoms with Gasteiger partial charge in [0.25, 0.3) is 0 Å². The van der Waals surface area contributed by atoms with Gasteiger partial charge >= 0.3 is 0 Å². The Bertz CT molecular complexity index is 386. The Morgan fingerprint density at radius 1 is 1.12 bits per heavy atom. The summed E-state index contributed by atoms with van der Waals surface area (Å²) in [4.78, 5) is 24.8. The Morgan fingerprint density at radius 2 is 1.71 bits per heavy atom. The molecule has 2 rings (SSSR count). The van der Waals surface area contributed by atoms with Crippen molar-refractivity contribution in [2.45, 2.75) is 33.6 Å². The van der Waals surface area contributed by atoms with Crippen LogP contribution in [0.3, 0.4) is 0 Å². The maximum absolute atomic E-state index is 11.8. The minimum atomic E-state index is -0.0932. The molecule has 1 heterocycles. The van der Waals surface area contributed by atoms with E-state index in [1.807, 2.05) is 39.0 Å². The van der Waals surface area contributed by atoms with Crippen molar-refractivity contribution in [1.29, 1.82) is 0 Å². The van der Waals surface area contributed by atoms with Crippen LogP contribution in [0.15, 0.2) is 30.3 Å². The molecule has 3 nitrogen and oxygen atoms in total. The number of rotatable bonds is 1. The Kier molecular flexibility index (Phi) is 4.88. The largest absolute Gasteiger partial charge is 0.274 e. The van der Waals surface area contributed by atoms with Gasteiger partial charge in [-0.05, 0) is 18.6 Å². The minimum Gasteiger partial charge on any atom is -0.274 e. The molecular formula is C14H19NO2. The smallest absolute Gasteiger partial charge is 0.236 e. The van der Waals surface area contributed by atoms with Gasteiger partial charge in [-0.3, -0.25) is 14.5 Å². The molecule has 1 unspecified atom stereocenters. The van der Waals surface area contributed by atoms with E-state index in [0.29, 0.717) is 18.5 Å². The molecule has 1 saturated heterocycles. The van der Waals surface area contributed by atoms with Gasteiger partial charge in [0.2, 0.25) is 11.8 Å². The second-order valence-corrected chi connectivity index (χ2v) is 3.84. The Labute approximate surface area is 102 Å². The molecule has 1 fully saturated rings. The highest BCUT2D eigenvalue weighted by molar-refractivity contribution is 6.17. The van der Waals surface area contributed by atoms with Gasteiger partial charge in [0.05, 0.1) is 5.69 Å². The highest BCUT2D eigenvalue weighted by Gasteiger charge is 2.32.